The summed E-state index contributed by atoms with van der Waals surface area (Å²) < 4.78 is 27.5. The van der Waals surface area contributed by atoms with E-state index in [1.165, 1.54) is 32.6 Å². The summed E-state index contributed by atoms with van der Waals surface area (Å²) in [6, 6.07) is 18.7. The highest BCUT2D eigenvalue weighted by atomic mass is 15.0. The van der Waals surface area contributed by atoms with Crippen LogP contribution in [-0.4, -0.2) is 4.57 Å². The lowest BCUT2D eigenvalue weighted by atomic mass is 10.0. The van der Waals surface area contributed by atoms with Crippen molar-refractivity contribution in [2.24, 2.45) is 14.1 Å². The molecule has 0 fully saturated rings. The molecule has 0 aliphatic rings. The summed E-state index contributed by atoms with van der Waals surface area (Å²) in [5, 5.41) is 5.00. The summed E-state index contributed by atoms with van der Waals surface area (Å²) in [6.45, 7) is 2.01. The van der Waals surface area contributed by atoms with Gasteiger partial charge < -0.3 is 4.57 Å². The van der Waals surface area contributed by atoms with Gasteiger partial charge in [-0.15, -0.1) is 0 Å². The highest BCUT2D eigenvalue weighted by Crippen LogP contribution is 2.35. The van der Waals surface area contributed by atoms with Gasteiger partial charge in [-0.25, -0.2) is 4.57 Å². The first kappa shape index (κ1) is 14.0. The summed E-state index contributed by atoms with van der Waals surface area (Å²) >= 11 is 0. The highest BCUT2D eigenvalue weighted by Gasteiger charge is 2.19. The molecule has 0 bridgehead atoms. The van der Waals surface area contributed by atoms with Crippen molar-refractivity contribution in [3.8, 4) is 11.3 Å². The van der Waals surface area contributed by atoms with Gasteiger partial charge >= 0.3 is 0 Å². The fourth-order valence-corrected chi connectivity index (χ4v) is 4.46. The second kappa shape index (κ2) is 5.93. The van der Waals surface area contributed by atoms with Crippen LogP contribution in [0.5, 0.6) is 0 Å². The van der Waals surface area contributed by atoms with E-state index in [0.717, 1.165) is 22.3 Å². The molecule has 2 heteroatoms. The molecule has 0 amide bonds. The maximum atomic E-state index is 7.69. The third kappa shape index (κ3) is 2.37. The zero-order chi connectivity index (χ0) is 22.1. The Morgan fingerprint density at radius 2 is 1.68 bits per heavy atom. The first-order valence-electron chi connectivity index (χ1n) is 11.1. The molecule has 3 aromatic carbocycles. The van der Waals surface area contributed by atoms with E-state index < -0.39 is 6.85 Å². The van der Waals surface area contributed by atoms with Crippen LogP contribution in [0.3, 0.4) is 0 Å². The minimum Gasteiger partial charge on any atom is -0.343 e. The van der Waals surface area contributed by atoms with Crippen LogP contribution < -0.4 is 4.57 Å². The molecular formula is C26H25N2+. The van der Waals surface area contributed by atoms with Gasteiger partial charge in [-0.1, -0.05) is 47.5 Å². The predicted molar refractivity (Wildman–Crippen MR) is 119 cm³/mol. The molecule has 0 radical (unpaired) electrons. The molecule has 5 rings (SSSR count). The average Bonchev–Trinajstić information content (AvgIpc) is 2.98. The summed E-state index contributed by atoms with van der Waals surface area (Å²) in [5.74, 6) is 0. The lowest BCUT2D eigenvalue weighted by molar-refractivity contribution is -0.659. The first-order valence-corrected chi connectivity index (χ1v) is 9.58. The molecule has 0 saturated carbocycles. The second-order valence-corrected chi connectivity index (χ2v) is 7.84. The summed E-state index contributed by atoms with van der Waals surface area (Å²) in [6.07, 6.45) is 2.20. The normalized spacial score (nSPS) is 13.8. The molecule has 0 unspecified atom stereocenters. The fourth-order valence-electron chi connectivity index (χ4n) is 4.46. The third-order valence-corrected chi connectivity index (χ3v) is 5.90. The summed E-state index contributed by atoms with van der Waals surface area (Å²) in [4.78, 5) is 0. The predicted octanol–water partition coefficient (Wildman–Crippen LogP) is 5.90. The molecule has 0 aliphatic carbocycles. The lowest BCUT2D eigenvalue weighted by Gasteiger charge is -2.06. The van der Waals surface area contributed by atoms with Crippen molar-refractivity contribution >= 4 is 32.6 Å². The number of benzene rings is 3. The zero-order valence-corrected chi connectivity index (χ0v) is 16.7. The van der Waals surface area contributed by atoms with Crippen LogP contribution in [0.25, 0.3) is 43.8 Å². The standard InChI is InChI=1S/C26H25N2/c1-16-6-9-20(18(3)12-16)24-14-25-22(15-27(24)4)26-21-10-7-17(2)13-19(21)8-11-23(26)28(25)5/h6-15H,1-5H3/q+1/i1D3. The van der Waals surface area contributed by atoms with Crippen molar-refractivity contribution in [3.05, 3.63) is 77.5 Å². The van der Waals surface area contributed by atoms with Crippen LogP contribution in [0.4, 0.5) is 0 Å². The van der Waals surface area contributed by atoms with Crippen LogP contribution in [-0.2, 0) is 14.1 Å². The monoisotopic (exact) mass is 368 g/mol. The number of hydrogen-bond donors (Lipinski definition) is 0. The van der Waals surface area contributed by atoms with Gasteiger partial charge in [0.2, 0.25) is 5.69 Å². The van der Waals surface area contributed by atoms with E-state index in [1.54, 1.807) is 12.1 Å². The van der Waals surface area contributed by atoms with Crippen LogP contribution in [0, 0.1) is 20.7 Å². The van der Waals surface area contributed by atoms with E-state index >= 15 is 0 Å². The van der Waals surface area contributed by atoms with Crippen LogP contribution in [0.1, 0.15) is 20.8 Å². The molecule has 2 heterocycles. The largest absolute Gasteiger partial charge is 0.343 e. The molecular weight excluding hydrogens is 340 g/mol. The molecule has 0 atom stereocenters. The number of pyridine rings is 1. The Morgan fingerprint density at radius 1 is 0.857 bits per heavy atom. The molecule has 2 aromatic heterocycles. The average molecular weight is 369 g/mol. The molecule has 28 heavy (non-hydrogen) atoms. The number of nitrogens with zero attached hydrogens (tertiary/aromatic N) is 2. The van der Waals surface area contributed by atoms with Crippen molar-refractivity contribution in [2.75, 3.05) is 0 Å². The number of rotatable bonds is 1. The SMILES string of the molecule is [2H]C([2H])([2H])c1ccc(-c2cc3c(c[n+]2C)c2c4ccc(C)cc4ccc2n3C)c(C)c1. The smallest absolute Gasteiger partial charge is 0.214 e. The summed E-state index contributed by atoms with van der Waals surface area (Å²) in [7, 11) is 4.17. The van der Waals surface area contributed by atoms with Crippen molar-refractivity contribution in [3.63, 3.8) is 0 Å². The third-order valence-electron chi connectivity index (χ3n) is 5.90. The van der Waals surface area contributed by atoms with E-state index in [9.17, 15) is 0 Å². The van der Waals surface area contributed by atoms with E-state index in [2.05, 4.69) is 72.7 Å². The minimum atomic E-state index is -2.09. The van der Waals surface area contributed by atoms with Crippen LogP contribution in [0.2, 0.25) is 0 Å². The Bertz CT molecular complexity index is 1510. The number of fused-ring (bicyclic) bond motifs is 5. The minimum absolute atomic E-state index is 0.379. The van der Waals surface area contributed by atoms with Gasteiger partial charge in [-0.2, -0.15) is 0 Å². The Kier molecular flexibility index (Phi) is 2.96. The molecule has 138 valence electrons. The van der Waals surface area contributed by atoms with Crippen molar-refractivity contribution < 1.29 is 8.68 Å². The fraction of sp³-hybridized carbons (Fsp3) is 0.192. The lowest BCUT2D eigenvalue weighted by Crippen LogP contribution is -2.30. The van der Waals surface area contributed by atoms with Gasteiger partial charge in [0.15, 0.2) is 6.20 Å². The van der Waals surface area contributed by atoms with Gasteiger partial charge in [-0.05, 0) is 49.2 Å². The van der Waals surface area contributed by atoms with E-state index in [1.807, 2.05) is 13.0 Å². The molecule has 0 saturated heterocycles. The van der Waals surface area contributed by atoms with Crippen LogP contribution in [0.15, 0.2) is 60.8 Å². The molecule has 0 spiro atoms. The van der Waals surface area contributed by atoms with Crippen molar-refractivity contribution in [1.82, 2.24) is 4.57 Å². The topological polar surface area (TPSA) is 8.81 Å². The van der Waals surface area contributed by atoms with Gasteiger partial charge in [0.05, 0.1) is 10.9 Å². The Balaban J connectivity index is 1.80. The maximum absolute atomic E-state index is 7.69. The summed E-state index contributed by atoms with van der Waals surface area (Å²) in [5.41, 5.74) is 7.08. The first-order chi connectivity index (χ1) is 14.6. The molecule has 0 N–H and O–H groups in total. The van der Waals surface area contributed by atoms with Crippen molar-refractivity contribution in [1.29, 1.82) is 0 Å². The molecule has 5 aromatic rings. The zero-order valence-electron chi connectivity index (χ0n) is 19.7. The highest BCUT2D eigenvalue weighted by molar-refractivity contribution is 6.20. The number of aromatic nitrogens is 2. The Labute approximate surface area is 169 Å². The number of hydrogen-bond acceptors (Lipinski definition) is 0. The van der Waals surface area contributed by atoms with Crippen molar-refractivity contribution in [2.45, 2.75) is 20.7 Å². The Hall–Kier alpha value is -3.13. The second-order valence-electron chi connectivity index (χ2n) is 7.84. The number of aryl methyl sites for hydroxylation is 5. The van der Waals surface area contributed by atoms with E-state index in [0.29, 0.717) is 5.56 Å². The molecule has 0 aliphatic heterocycles. The van der Waals surface area contributed by atoms with Gasteiger partial charge in [0.25, 0.3) is 0 Å². The van der Waals surface area contributed by atoms with Gasteiger partial charge in [-0.3, -0.25) is 0 Å². The maximum Gasteiger partial charge on any atom is 0.214 e. The molecule has 2 nitrogen and oxygen atoms in total. The van der Waals surface area contributed by atoms with E-state index in [-0.39, 0.29) is 0 Å². The van der Waals surface area contributed by atoms with Crippen LogP contribution >= 0.6 is 0 Å². The van der Waals surface area contributed by atoms with E-state index in [4.69, 9.17) is 4.11 Å². The van der Waals surface area contributed by atoms with Gasteiger partial charge in [0, 0.05) is 33.7 Å². The quantitative estimate of drug-likeness (QED) is 0.326. The Morgan fingerprint density at radius 3 is 2.46 bits per heavy atom. The van der Waals surface area contributed by atoms with Gasteiger partial charge in [0.1, 0.15) is 7.05 Å².